The molecule has 4 heteroatoms. The van der Waals surface area contributed by atoms with E-state index in [1.807, 2.05) is 0 Å². The summed E-state index contributed by atoms with van der Waals surface area (Å²) >= 11 is 6.00. The van der Waals surface area contributed by atoms with Crippen LogP contribution in [0.4, 0.5) is 4.39 Å². The molecule has 1 saturated carbocycles. The van der Waals surface area contributed by atoms with Gasteiger partial charge in [-0.25, -0.2) is 4.39 Å². The van der Waals surface area contributed by atoms with Crippen LogP contribution in [0.2, 0.25) is 5.02 Å². The molecule has 2 unspecified atom stereocenters. The van der Waals surface area contributed by atoms with E-state index < -0.39 is 0 Å². The summed E-state index contributed by atoms with van der Waals surface area (Å²) in [5.74, 6) is -0.299. The first-order valence-corrected chi connectivity index (χ1v) is 6.53. The van der Waals surface area contributed by atoms with E-state index in [0.29, 0.717) is 23.7 Å². The standard InChI is InChI=1S/C14H19ClFNO/c1-14(2)12(7-13(14)18-3)17-8-9-4-5-10(16)6-11(9)15/h4-6,12-13,17H,7-8H2,1-3H3. The van der Waals surface area contributed by atoms with E-state index in [4.69, 9.17) is 16.3 Å². The number of benzene rings is 1. The summed E-state index contributed by atoms with van der Waals surface area (Å²) < 4.78 is 18.3. The van der Waals surface area contributed by atoms with Crippen molar-refractivity contribution < 1.29 is 9.13 Å². The third-order valence-electron chi connectivity index (χ3n) is 4.02. The zero-order valence-electron chi connectivity index (χ0n) is 11.0. The molecule has 0 aromatic heterocycles. The maximum Gasteiger partial charge on any atom is 0.124 e. The number of rotatable bonds is 4. The lowest BCUT2D eigenvalue weighted by Crippen LogP contribution is -2.60. The van der Waals surface area contributed by atoms with E-state index in [9.17, 15) is 4.39 Å². The molecule has 1 aromatic rings. The zero-order chi connectivity index (χ0) is 13.3. The molecule has 1 aliphatic carbocycles. The van der Waals surface area contributed by atoms with Crippen molar-refractivity contribution in [1.82, 2.24) is 5.32 Å². The Morgan fingerprint density at radius 1 is 1.50 bits per heavy atom. The number of hydrogen-bond acceptors (Lipinski definition) is 2. The summed E-state index contributed by atoms with van der Waals surface area (Å²) in [6.07, 6.45) is 1.31. The highest BCUT2D eigenvalue weighted by molar-refractivity contribution is 6.31. The fraction of sp³-hybridized carbons (Fsp3) is 0.571. The summed E-state index contributed by atoms with van der Waals surface area (Å²) in [7, 11) is 1.75. The molecule has 0 aliphatic heterocycles. The van der Waals surface area contributed by atoms with Crippen LogP contribution in [-0.4, -0.2) is 19.3 Å². The van der Waals surface area contributed by atoms with Crippen LogP contribution < -0.4 is 5.32 Å². The van der Waals surface area contributed by atoms with Crippen molar-refractivity contribution in [3.05, 3.63) is 34.6 Å². The highest BCUT2D eigenvalue weighted by atomic mass is 35.5. The van der Waals surface area contributed by atoms with Gasteiger partial charge in [0, 0.05) is 30.1 Å². The number of ether oxygens (including phenoxy) is 1. The molecular weight excluding hydrogens is 253 g/mol. The van der Waals surface area contributed by atoms with Crippen molar-refractivity contribution in [3.63, 3.8) is 0 Å². The lowest BCUT2D eigenvalue weighted by atomic mass is 9.64. The molecule has 100 valence electrons. The van der Waals surface area contributed by atoms with Crippen molar-refractivity contribution >= 4 is 11.6 Å². The van der Waals surface area contributed by atoms with E-state index in [1.165, 1.54) is 12.1 Å². The van der Waals surface area contributed by atoms with Crippen LogP contribution in [0.1, 0.15) is 25.8 Å². The first-order valence-electron chi connectivity index (χ1n) is 6.15. The van der Waals surface area contributed by atoms with E-state index >= 15 is 0 Å². The van der Waals surface area contributed by atoms with Gasteiger partial charge in [-0.2, -0.15) is 0 Å². The first kappa shape index (κ1) is 13.8. The monoisotopic (exact) mass is 271 g/mol. The number of hydrogen-bond donors (Lipinski definition) is 1. The second-order valence-electron chi connectivity index (χ2n) is 5.45. The Bertz CT molecular complexity index is 436. The van der Waals surface area contributed by atoms with Crippen LogP contribution in [0.25, 0.3) is 0 Å². The minimum Gasteiger partial charge on any atom is -0.381 e. The van der Waals surface area contributed by atoms with Crippen molar-refractivity contribution in [2.45, 2.75) is 39.0 Å². The third kappa shape index (κ3) is 2.53. The van der Waals surface area contributed by atoms with Gasteiger partial charge in [0.1, 0.15) is 5.82 Å². The maximum absolute atomic E-state index is 12.9. The van der Waals surface area contributed by atoms with Gasteiger partial charge in [0.25, 0.3) is 0 Å². The average molecular weight is 272 g/mol. The van der Waals surface area contributed by atoms with Crippen LogP contribution in [-0.2, 0) is 11.3 Å². The molecule has 0 bridgehead atoms. The fourth-order valence-corrected chi connectivity index (χ4v) is 2.76. The quantitative estimate of drug-likeness (QED) is 0.906. The highest BCUT2D eigenvalue weighted by Crippen LogP contribution is 2.42. The summed E-state index contributed by atoms with van der Waals surface area (Å²) in [5, 5.41) is 3.94. The molecule has 1 N–H and O–H groups in total. The van der Waals surface area contributed by atoms with Crippen molar-refractivity contribution in [2.24, 2.45) is 5.41 Å². The SMILES string of the molecule is COC1CC(NCc2ccc(F)cc2Cl)C1(C)C. The normalized spacial score (nSPS) is 25.8. The van der Waals surface area contributed by atoms with Crippen LogP contribution in [0, 0.1) is 11.2 Å². The topological polar surface area (TPSA) is 21.3 Å². The third-order valence-corrected chi connectivity index (χ3v) is 4.37. The summed E-state index contributed by atoms with van der Waals surface area (Å²) in [6, 6.07) is 4.92. The van der Waals surface area contributed by atoms with Gasteiger partial charge in [0.05, 0.1) is 6.10 Å². The lowest BCUT2D eigenvalue weighted by molar-refractivity contribution is -0.0979. The van der Waals surface area contributed by atoms with Crippen LogP contribution in [0.15, 0.2) is 18.2 Å². The van der Waals surface area contributed by atoms with Gasteiger partial charge < -0.3 is 10.1 Å². The first-order chi connectivity index (χ1) is 8.45. The van der Waals surface area contributed by atoms with E-state index in [0.717, 1.165) is 12.0 Å². The number of halogens is 2. The summed E-state index contributed by atoms with van der Waals surface area (Å²) in [4.78, 5) is 0. The molecule has 0 spiro atoms. The molecule has 2 atom stereocenters. The van der Waals surface area contributed by atoms with E-state index in [1.54, 1.807) is 13.2 Å². The fourth-order valence-electron chi connectivity index (χ4n) is 2.53. The maximum atomic E-state index is 12.9. The Hall–Kier alpha value is -0.640. The minimum absolute atomic E-state index is 0.126. The minimum atomic E-state index is -0.299. The van der Waals surface area contributed by atoms with Crippen molar-refractivity contribution in [3.8, 4) is 0 Å². The second-order valence-corrected chi connectivity index (χ2v) is 5.86. The van der Waals surface area contributed by atoms with Crippen LogP contribution >= 0.6 is 11.6 Å². The summed E-state index contributed by atoms with van der Waals surface area (Å²) in [6.45, 7) is 5.03. The average Bonchev–Trinajstić information content (AvgIpc) is 2.30. The van der Waals surface area contributed by atoms with Crippen LogP contribution in [0.5, 0.6) is 0 Å². The molecule has 1 aliphatic rings. The smallest absolute Gasteiger partial charge is 0.124 e. The highest BCUT2D eigenvalue weighted by Gasteiger charge is 2.48. The van der Waals surface area contributed by atoms with Gasteiger partial charge in [-0.05, 0) is 24.1 Å². The van der Waals surface area contributed by atoms with Crippen molar-refractivity contribution in [2.75, 3.05) is 7.11 Å². The largest absolute Gasteiger partial charge is 0.381 e. The molecule has 0 saturated heterocycles. The lowest BCUT2D eigenvalue weighted by Gasteiger charge is -2.51. The molecular formula is C14H19ClFNO. The predicted molar refractivity (Wildman–Crippen MR) is 71.2 cm³/mol. The predicted octanol–water partition coefficient (Wildman–Crippen LogP) is 3.38. The molecule has 0 amide bonds. The van der Waals surface area contributed by atoms with Gasteiger partial charge in [-0.3, -0.25) is 0 Å². The Balaban J connectivity index is 1.93. The van der Waals surface area contributed by atoms with E-state index in [-0.39, 0.29) is 11.2 Å². The van der Waals surface area contributed by atoms with Gasteiger partial charge in [0.2, 0.25) is 0 Å². The Morgan fingerprint density at radius 2 is 2.22 bits per heavy atom. The van der Waals surface area contributed by atoms with Gasteiger partial charge >= 0.3 is 0 Å². The van der Waals surface area contributed by atoms with E-state index in [2.05, 4.69) is 19.2 Å². The summed E-state index contributed by atoms with van der Waals surface area (Å²) in [5.41, 5.74) is 1.05. The second kappa shape index (κ2) is 5.16. The Kier molecular flexibility index (Phi) is 3.95. The molecule has 2 rings (SSSR count). The zero-order valence-corrected chi connectivity index (χ0v) is 11.7. The van der Waals surface area contributed by atoms with Gasteiger partial charge in [-0.1, -0.05) is 31.5 Å². The molecule has 1 fully saturated rings. The number of methoxy groups -OCH3 is 1. The molecule has 18 heavy (non-hydrogen) atoms. The van der Waals surface area contributed by atoms with Gasteiger partial charge in [0.15, 0.2) is 0 Å². The molecule has 1 aromatic carbocycles. The number of nitrogens with one attached hydrogen (secondary N) is 1. The molecule has 0 radical (unpaired) electrons. The molecule has 2 nitrogen and oxygen atoms in total. The molecule has 0 heterocycles. The Morgan fingerprint density at radius 3 is 2.78 bits per heavy atom. The Labute approximate surface area is 112 Å². The van der Waals surface area contributed by atoms with Crippen molar-refractivity contribution in [1.29, 1.82) is 0 Å². The van der Waals surface area contributed by atoms with Gasteiger partial charge in [-0.15, -0.1) is 0 Å². The van der Waals surface area contributed by atoms with Crippen LogP contribution in [0.3, 0.4) is 0 Å².